The summed E-state index contributed by atoms with van der Waals surface area (Å²) in [5.74, 6) is -4.87. The third-order valence-electron chi connectivity index (χ3n) is 6.09. The molecule has 166 valence electrons. The van der Waals surface area contributed by atoms with Crippen LogP contribution in [-0.4, -0.2) is 23.2 Å². The predicted octanol–water partition coefficient (Wildman–Crippen LogP) is 5.58. The number of nitrogens with one attached hydrogen (secondary N) is 1. The number of carbonyl (C=O) groups is 2. The van der Waals surface area contributed by atoms with Crippen molar-refractivity contribution in [2.24, 2.45) is 11.3 Å². The summed E-state index contributed by atoms with van der Waals surface area (Å²) in [4.78, 5) is 24.4. The summed E-state index contributed by atoms with van der Waals surface area (Å²) in [5, 5.41) is 12.0. The fourth-order valence-corrected chi connectivity index (χ4v) is 3.80. The molecule has 7 heteroatoms. The molecule has 1 saturated carbocycles. The first kappa shape index (κ1) is 22.8. The Morgan fingerprint density at radius 3 is 2.26 bits per heavy atom. The first-order chi connectivity index (χ1) is 14.6. The van der Waals surface area contributed by atoms with Gasteiger partial charge in [0.25, 0.3) is 0 Å². The fourth-order valence-electron chi connectivity index (χ4n) is 3.80. The molecule has 0 heterocycles. The van der Waals surface area contributed by atoms with Gasteiger partial charge in [0.1, 0.15) is 0 Å². The molecule has 2 N–H and O–H groups in total. The Morgan fingerprint density at radius 2 is 1.74 bits per heavy atom. The molecule has 2 aromatic carbocycles. The largest absolute Gasteiger partial charge is 0.481 e. The molecule has 1 amide bonds. The van der Waals surface area contributed by atoms with E-state index in [1.54, 1.807) is 48.5 Å². The van der Waals surface area contributed by atoms with Gasteiger partial charge in [0.15, 0.2) is 0 Å². The average Bonchev–Trinajstić information content (AvgIpc) is 3.49. The number of aryl methyl sites for hydroxylation is 1. The quantitative estimate of drug-likeness (QED) is 0.571. The number of carbonyl (C=O) groups excluding carboxylic acids is 1. The zero-order valence-corrected chi connectivity index (χ0v) is 17.5. The van der Waals surface area contributed by atoms with E-state index in [0.717, 1.165) is 24.5 Å². The van der Waals surface area contributed by atoms with Crippen LogP contribution in [0.5, 0.6) is 0 Å². The summed E-state index contributed by atoms with van der Waals surface area (Å²) in [5.41, 5.74) is 1.59. The van der Waals surface area contributed by atoms with Crippen LogP contribution in [0, 0.1) is 11.3 Å². The number of halogens is 3. The Kier molecular flexibility index (Phi) is 6.43. The molecule has 0 bridgehead atoms. The molecule has 1 fully saturated rings. The van der Waals surface area contributed by atoms with Gasteiger partial charge in [-0.15, -0.1) is 0 Å². The molecular weight excluding hydrogens is 407 g/mol. The third kappa shape index (κ3) is 5.27. The first-order valence-corrected chi connectivity index (χ1v) is 10.3. The van der Waals surface area contributed by atoms with E-state index in [0.29, 0.717) is 30.5 Å². The molecule has 4 nitrogen and oxygen atoms in total. The summed E-state index contributed by atoms with van der Waals surface area (Å²) >= 11 is 0. The molecule has 31 heavy (non-hydrogen) atoms. The van der Waals surface area contributed by atoms with E-state index in [9.17, 15) is 27.9 Å². The molecule has 1 aliphatic carbocycles. The number of alkyl halides is 3. The number of aliphatic carboxylic acids is 1. The van der Waals surface area contributed by atoms with Gasteiger partial charge in [-0.25, -0.2) is 0 Å². The van der Waals surface area contributed by atoms with E-state index in [2.05, 4.69) is 5.32 Å². The standard InChI is InChI=1S/C24H26F3NO3/c1-3-16-7-9-18(10-8-16)20(15(2)24(25,26)27)21(29)28-19-6-4-5-17(13-19)14-23(11-12-23)22(30)31/h4-10,13,15,20H,3,11-12,14H2,1-2H3,(H,28,29)(H,30,31)/t15-,20+/m1/s1. The van der Waals surface area contributed by atoms with Gasteiger partial charge in [-0.05, 0) is 54.5 Å². The number of rotatable bonds is 8. The van der Waals surface area contributed by atoms with Crippen molar-refractivity contribution in [3.05, 3.63) is 65.2 Å². The lowest BCUT2D eigenvalue weighted by atomic mass is 9.85. The highest BCUT2D eigenvalue weighted by Gasteiger charge is 2.50. The van der Waals surface area contributed by atoms with Gasteiger partial charge >= 0.3 is 12.1 Å². The van der Waals surface area contributed by atoms with Gasteiger partial charge in [-0.3, -0.25) is 9.59 Å². The minimum atomic E-state index is -4.53. The highest BCUT2D eigenvalue weighted by atomic mass is 19.4. The summed E-state index contributed by atoms with van der Waals surface area (Å²) in [6.07, 6.45) is -2.27. The summed E-state index contributed by atoms with van der Waals surface area (Å²) in [6, 6.07) is 13.3. The van der Waals surface area contributed by atoms with Crippen LogP contribution in [0.4, 0.5) is 18.9 Å². The number of hydrogen-bond donors (Lipinski definition) is 2. The van der Waals surface area contributed by atoms with E-state index in [-0.39, 0.29) is 0 Å². The van der Waals surface area contributed by atoms with Crippen molar-refractivity contribution in [1.29, 1.82) is 0 Å². The highest BCUT2D eigenvalue weighted by Crippen LogP contribution is 2.48. The lowest BCUT2D eigenvalue weighted by Gasteiger charge is -2.26. The SMILES string of the molecule is CCc1ccc([C@@H](C(=O)Nc2cccc(CC3(C(=O)O)CC3)c2)[C@@H](C)C(F)(F)F)cc1. The maximum absolute atomic E-state index is 13.5. The Morgan fingerprint density at radius 1 is 1.10 bits per heavy atom. The van der Waals surface area contributed by atoms with Crippen molar-refractivity contribution >= 4 is 17.6 Å². The monoisotopic (exact) mass is 433 g/mol. The number of carboxylic acid groups (broad SMARTS) is 1. The van der Waals surface area contributed by atoms with Crippen molar-refractivity contribution in [3.63, 3.8) is 0 Å². The van der Waals surface area contributed by atoms with Gasteiger partial charge < -0.3 is 10.4 Å². The van der Waals surface area contributed by atoms with Gasteiger partial charge in [0, 0.05) is 5.69 Å². The molecule has 0 aromatic heterocycles. The van der Waals surface area contributed by atoms with Gasteiger partial charge in [0.05, 0.1) is 17.3 Å². The molecule has 1 aliphatic rings. The zero-order chi connectivity index (χ0) is 22.8. The van der Waals surface area contributed by atoms with E-state index < -0.39 is 35.3 Å². The van der Waals surface area contributed by atoms with E-state index in [1.807, 2.05) is 6.92 Å². The van der Waals surface area contributed by atoms with Crippen LogP contribution in [0.1, 0.15) is 49.3 Å². The maximum atomic E-state index is 13.5. The second-order valence-corrected chi connectivity index (χ2v) is 8.35. The Labute approximate surface area is 179 Å². The van der Waals surface area contributed by atoms with Crippen LogP contribution in [-0.2, 0) is 22.4 Å². The lowest BCUT2D eigenvalue weighted by Crippen LogP contribution is -2.34. The van der Waals surface area contributed by atoms with E-state index in [4.69, 9.17) is 0 Å². The number of benzene rings is 2. The number of anilines is 1. The fraction of sp³-hybridized carbons (Fsp3) is 0.417. The first-order valence-electron chi connectivity index (χ1n) is 10.3. The van der Waals surface area contributed by atoms with Gasteiger partial charge in [-0.2, -0.15) is 13.2 Å². The third-order valence-corrected chi connectivity index (χ3v) is 6.09. The molecule has 0 spiro atoms. The second kappa shape index (κ2) is 8.73. The molecular formula is C24H26F3NO3. The van der Waals surface area contributed by atoms with Crippen molar-refractivity contribution in [2.75, 3.05) is 5.32 Å². The topological polar surface area (TPSA) is 66.4 Å². The van der Waals surface area contributed by atoms with Crippen LogP contribution in [0.3, 0.4) is 0 Å². The van der Waals surface area contributed by atoms with Crippen LogP contribution in [0.25, 0.3) is 0 Å². The number of hydrogen-bond acceptors (Lipinski definition) is 2. The molecule has 3 rings (SSSR count). The average molecular weight is 433 g/mol. The normalized spacial score (nSPS) is 16.9. The second-order valence-electron chi connectivity index (χ2n) is 8.35. The predicted molar refractivity (Wildman–Crippen MR) is 112 cm³/mol. The van der Waals surface area contributed by atoms with Crippen LogP contribution >= 0.6 is 0 Å². The van der Waals surface area contributed by atoms with Gasteiger partial charge in [0.2, 0.25) is 5.91 Å². The Bertz CT molecular complexity index is 949. The highest BCUT2D eigenvalue weighted by molar-refractivity contribution is 5.96. The summed E-state index contributed by atoms with van der Waals surface area (Å²) in [6.45, 7) is 2.96. The van der Waals surface area contributed by atoms with E-state index in [1.165, 1.54) is 0 Å². The minimum absolute atomic E-state index is 0.304. The van der Waals surface area contributed by atoms with Crippen molar-refractivity contribution in [1.82, 2.24) is 0 Å². The molecule has 0 aliphatic heterocycles. The maximum Gasteiger partial charge on any atom is 0.392 e. The lowest BCUT2D eigenvalue weighted by molar-refractivity contribution is -0.178. The van der Waals surface area contributed by atoms with Crippen LogP contribution in [0.15, 0.2) is 48.5 Å². The van der Waals surface area contributed by atoms with Gasteiger partial charge in [-0.1, -0.05) is 50.2 Å². The zero-order valence-electron chi connectivity index (χ0n) is 17.5. The summed E-state index contributed by atoms with van der Waals surface area (Å²) < 4.78 is 40.6. The molecule has 0 unspecified atom stereocenters. The van der Waals surface area contributed by atoms with E-state index >= 15 is 0 Å². The summed E-state index contributed by atoms with van der Waals surface area (Å²) in [7, 11) is 0. The minimum Gasteiger partial charge on any atom is -0.481 e. The number of amides is 1. The Hall–Kier alpha value is -2.83. The van der Waals surface area contributed by atoms with Crippen LogP contribution in [0.2, 0.25) is 0 Å². The molecule has 2 aromatic rings. The smallest absolute Gasteiger partial charge is 0.392 e. The van der Waals surface area contributed by atoms with Crippen molar-refractivity contribution in [3.8, 4) is 0 Å². The molecule has 0 radical (unpaired) electrons. The molecule has 0 saturated heterocycles. The number of carboxylic acids is 1. The Balaban J connectivity index is 1.83. The van der Waals surface area contributed by atoms with Crippen molar-refractivity contribution < 1.29 is 27.9 Å². The van der Waals surface area contributed by atoms with Crippen LogP contribution < -0.4 is 5.32 Å². The van der Waals surface area contributed by atoms with Crippen molar-refractivity contribution in [2.45, 2.75) is 51.6 Å². The molecule has 2 atom stereocenters.